The van der Waals surface area contributed by atoms with E-state index in [1.54, 1.807) is 38.3 Å². The molecule has 1 aliphatic rings. The molecular formula is C24H25N3O3S. The first kappa shape index (κ1) is 21.2. The Labute approximate surface area is 185 Å². The number of methoxy groups -OCH3 is 1. The SMILES string of the molecule is COc1ccc(C(=O)CSc2nc(CN3CCCc4ccccc43)c(C)c(=O)[nH]2)cc1. The molecule has 160 valence electrons. The van der Waals surface area contributed by atoms with Crippen molar-refractivity contribution in [2.45, 2.75) is 31.5 Å². The zero-order valence-corrected chi connectivity index (χ0v) is 18.5. The zero-order chi connectivity index (χ0) is 21.8. The highest BCUT2D eigenvalue weighted by molar-refractivity contribution is 7.99. The number of anilines is 1. The largest absolute Gasteiger partial charge is 0.497 e. The topological polar surface area (TPSA) is 75.3 Å². The van der Waals surface area contributed by atoms with Gasteiger partial charge in [-0.05, 0) is 55.7 Å². The van der Waals surface area contributed by atoms with Crippen LogP contribution in [-0.4, -0.2) is 35.2 Å². The summed E-state index contributed by atoms with van der Waals surface area (Å²) in [5.41, 5.74) is 4.35. The quantitative estimate of drug-likeness (QED) is 0.343. The van der Waals surface area contributed by atoms with Crippen LogP contribution in [0.5, 0.6) is 5.75 Å². The lowest BCUT2D eigenvalue weighted by Gasteiger charge is -2.31. The summed E-state index contributed by atoms with van der Waals surface area (Å²) in [5, 5.41) is 0.470. The standard InChI is InChI=1S/C24H25N3O3S/c1-16-20(14-27-13-5-7-17-6-3-4-8-21(17)27)25-24(26-23(16)29)31-15-22(28)18-9-11-19(30-2)12-10-18/h3-4,6,8-12H,5,7,13-15H2,1-2H3,(H,25,26,29). The fourth-order valence-electron chi connectivity index (χ4n) is 3.73. The fourth-order valence-corrected chi connectivity index (χ4v) is 4.50. The van der Waals surface area contributed by atoms with Crippen molar-refractivity contribution >= 4 is 23.2 Å². The number of Topliss-reactive ketones (excluding diaryl/α,β-unsaturated/α-hetero) is 1. The number of benzene rings is 2. The molecular weight excluding hydrogens is 410 g/mol. The number of ether oxygens (including phenoxy) is 1. The number of hydrogen-bond acceptors (Lipinski definition) is 6. The van der Waals surface area contributed by atoms with Crippen LogP contribution in [0.3, 0.4) is 0 Å². The minimum atomic E-state index is -0.158. The van der Waals surface area contributed by atoms with Crippen LogP contribution in [0.15, 0.2) is 58.5 Å². The van der Waals surface area contributed by atoms with Gasteiger partial charge in [0.25, 0.3) is 5.56 Å². The van der Waals surface area contributed by atoms with Crippen molar-refractivity contribution in [1.29, 1.82) is 0 Å². The molecule has 6 nitrogen and oxygen atoms in total. The second kappa shape index (κ2) is 9.39. The average Bonchev–Trinajstić information content (AvgIpc) is 2.81. The van der Waals surface area contributed by atoms with Crippen LogP contribution in [0, 0.1) is 6.92 Å². The Morgan fingerprint density at radius 2 is 1.97 bits per heavy atom. The molecule has 0 saturated heterocycles. The summed E-state index contributed by atoms with van der Waals surface area (Å²) in [6.45, 7) is 3.31. The van der Waals surface area contributed by atoms with Crippen molar-refractivity contribution in [2.75, 3.05) is 24.3 Å². The van der Waals surface area contributed by atoms with Gasteiger partial charge in [-0.2, -0.15) is 0 Å². The maximum atomic E-state index is 12.5. The second-order valence-electron chi connectivity index (χ2n) is 7.54. The van der Waals surface area contributed by atoms with Gasteiger partial charge in [-0.1, -0.05) is 30.0 Å². The van der Waals surface area contributed by atoms with Gasteiger partial charge < -0.3 is 14.6 Å². The zero-order valence-electron chi connectivity index (χ0n) is 17.7. The van der Waals surface area contributed by atoms with E-state index in [0.717, 1.165) is 25.1 Å². The lowest BCUT2D eigenvalue weighted by molar-refractivity contribution is 0.102. The Balaban J connectivity index is 1.49. The molecule has 1 aromatic heterocycles. The number of hydrogen-bond donors (Lipinski definition) is 1. The van der Waals surface area contributed by atoms with Crippen LogP contribution in [0.25, 0.3) is 0 Å². The van der Waals surface area contributed by atoms with Gasteiger partial charge in [0.1, 0.15) is 5.75 Å². The van der Waals surface area contributed by atoms with Crippen LogP contribution in [0.4, 0.5) is 5.69 Å². The summed E-state index contributed by atoms with van der Waals surface area (Å²) in [6, 6.07) is 15.4. The van der Waals surface area contributed by atoms with Gasteiger partial charge in [-0.15, -0.1) is 0 Å². The second-order valence-corrected chi connectivity index (χ2v) is 8.50. The van der Waals surface area contributed by atoms with Crippen molar-refractivity contribution < 1.29 is 9.53 Å². The molecule has 0 amide bonds. The van der Waals surface area contributed by atoms with Crippen molar-refractivity contribution in [3.05, 3.63) is 81.3 Å². The highest BCUT2D eigenvalue weighted by Crippen LogP contribution is 2.28. The highest BCUT2D eigenvalue weighted by atomic mass is 32.2. The van der Waals surface area contributed by atoms with Gasteiger partial charge in [0, 0.05) is 23.4 Å². The minimum Gasteiger partial charge on any atom is -0.497 e. The molecule has 1 N–H and O–H groups in total. The Hall–Kier alpha value is -3.06. The number of para-hydroxylation sites is 1. The third-order valence-electron chi connectivity index (χ3n) is 5.53. The van der Waals surface area contributed by atoms with E-state index in [2.05, 4.69) is 33.1 Å². The van der Waals surface area contributed by atoms with Crippen LogP contribution < -0.4 is 15.2 Å². The maximum Gasteiger partial charge on any atom is 0.254 e. The maximum absolute atomic E-state index is 12.5. The van der Waals surface area contributed by atoms with Crippen LogP contribution >= 0.6 is 11.8 Å². The number of fused-ring (bicyclic) bond motifs is 1. The number of carbonyl (C=O) groups is 1. The molecule has 0 aliphatic carbocycles. The summed E-state index contributed by atoms with van der Waals surface area (Å²) < 4.78 is 5.13. The summed E-state index contributed by atoms with van der Waals surface area (Å²) in [5.74, 6) is 0.879. The summed E-state index contributed by atoms with van der Waals surface area (Å²) in [6.07, 6.45) is 2.15. The number of H-pyrrole nitrogens is 1. The predicted molar refractivity (Wildman–Crippen MR) is 123 cm³/mol. The van der Waals surface area contributed by atoms with E-state index in [9.17, 15) is 9.59 Å². The van der Waals surface area contributed by atoms with E-state index in [-0.39, 0.29) is 17.1 Å². The lowest BCUT2D eigenvalue weighted by atomic mass is 10.0. The molecule has 1 aliphatic heterocycles. The van der Waals surface area contributed by atoms with Crippen molar-refractivity contribution in [1.82, 2.24) is 9.97 Å². The third kappa shape index (κ3) is 4.82. The summed E-state index contributed by atoms with van der Waals surface area (Å²) in [4.78, 5) is 34.8. The number of aryl methyl sites for hydroxylation is 1. The predicted octanol–water partition coefficient (Wildman–Crippen LogP) is 4.01. The third-order valence-corrected chi connectivity index (χ3v) is 6.40. The van der Waals surface area contributed by atoms with E-state index < -0.39 is 0 Å². The molecule has 0 radical (unpaired) electrons. The molecule has 2 aromatic carbocycles. The number of thioether (sulfide) groups is 1. The number of nitrogens with zero attached hydrogens (tertiary/aromatic N) is 2. The molecule has 2 heterocycles. The van der Waals surface area contributed by atoms with E-state index in [1.807, 2.05) is 6.07 Å². The molecule has 0 unspecified atom stereocenters. The lowest BCUT2D eigenvalue weighted by Crippen LogP contribution is -2.31. The number of aromatic amines is 1. The van der Waals surface area contributed by atoms with Crippen LogP contribution in [-0.2, 0) is 13.0 Å². The molecule has 4 rings (SSSR count). The molecule has 7 heteroatoms. The van der Waals surface area contributed by atoms with E-state index in [4.69, 9.17) is 4.74 Å². The average molecular weight is 436 g/mol. The first-order chi connectivity index (χ1) is 15.0. The summed E-state index contributed by atoms with van der Waals surface area (Å²) in [7, 11) is 1.59. The molecule has 3 aromatic rings. The molecule has 0 fully saturated rings. The molecule has 0 saturated carbocycles. The smallest absolute Gasteiger partial charge is 0.254 e. The number of nitrogens with one attached hydrogen (secondary N) is 1. The van der Waals surface area contributed by atoms with E-state index in [0.29, 0.717) is 28.6 Å². The van der Waals surface area contributed by atoms with Crippen molar-refractivity contribution in [3.63, 3.8) is 0 Å². The van der Waals surface area contributed by atoms with Gasteiger partial charge in [0.2, 0.25) is 0 Å². The summed E-state index contributed by atoms with van der Waals surface area (Å²) >= 11 is 1.25. The molecule has 0 spiro atoms. The van der Waals surface area contributed by atoms with E-state index >= 15 is 0 Å². The van der Waals surface area contributed by atoms with Crippen LogP contribution in [0.2, 0.25) is 0 Å². The van der Waals surface area contributed by atoms with Crippen molar-refractivity contribution in [3.8, 4) is 5.75 Å². The number of aromatic nitrogens is 2. The molecule has 0 atom stereocenters. The van der Waals surface area contributed by atoms with E-state index in [1.165, 1.54) is 23.0 Å². The molecule has 31 heavy (non-hydrogen) atoms. The Bertz CT molecular complexity index is 1140. The van der Waals surface area contributed by atoms with Gasteiger partial charge in [-0.3, -0.25) is 9.59 Å². The number of carbonyl (C=O) groups excluding carboxylic acids is 1. The fraction of sp³-hybridized carbons (Fsp3) is 0.292. The number of ketones is 1. The minimum absolute atomic E-state index is 0.0256. The van der Waals surface area contributed by atoms with Crippen molar-refractivity contribution in [2.24, 2.45) is 0 Å². The van der Waals surface area contributed by atoms with Gasteiger partial charge in [-0.25, -0.2) is 4.98 Å². The number of rotatable bonds is 7. The first-order valence-corrected chi connectivity index (χ1v) is 11.3. The van der Waals surface area contributed by atoms with Gasteiger partial charge in [0.15, 0.2) is 10.9 Å². The normalized spacial score (nSPS) is 13.0. The Morgan fingerprint density at radius 1 is 1.19 bits per heavy atom. The highest BCUT2D eigenvalue weighted by Gasteiger charge is 2.19. The molecule has 0 bridgehead atoms. The Morgan fingerprint density at radius 3 is 2.74 bits per heavy atom. The monoisotopic (exact) mass is 435 g/mol. The van der Waals surface area contributed by atoms with Crippen LogP contribution in [0.1, 0.15) is 33.6 Å². The van der Waals surface area contributed by atoms with Gasteiger partial charge in [0.05, 0.1) is 25.1 Å². The Kier molecular flexibility index (Phi) is 6.42. The van der Waals surface area contributed by atoms with Gasteiger partial charge >= 0.3 is 0 Å². The first-order valence-electron chi connectivity index (χ1n) is 10.3.